The normalized spacial score (nSPS) is 14.4. The van der Waals surface area contributed by atoms with Crippen LogP contribution in [0.3, 0.4) is 0 Å². The number of ketones is 1. The minimum absolute atomic E-state index is 0.296. The maximum atomic E-state index is 12.6. The van der Waals surface area contributed by atoms with E-state index in [2.05, 4.69) is 19.9 Å². The highest BCUT2D eigenvalue weighted by molar-refractivity contribution is 6.14. The van der Waals surface area contributed by atoms with Crippen LogP contribution in [0.25, 0.3) is 0 Å². The van der Waals surface area contributed by atoms with Crippen LogP contribution in [0.2, 0.25) is 0 Å². The molecule has 25 heavy (non-hydrogen) atoms. The van der Waals surface area contributed by atoms with E-state index in [-0.39, 0.29) is 5.41 Å². The second-order valence-electron chi connectivity index (χ2n) is 6.72. The van der Waals surface area contributed by atoms with Gasteiger partial charge in [-0.05, 0) is 54.3 Å². The summed E-state index contributed by atoms with van der Waals surface area (Å²) >= 11 is 0. The van der Waals surface area contributed by atoms with Crippen molar-refractivity contribution in [2.45, 2.75) is 51.6 Å². The molecule has 2 aromatic carbocycles. The van der Waals surface area contributed by atoms with Gasteiger partial charge in [-0.25, -0.2) is 0 Å². The second kappa shape index (κ2) is 7.11. The quantitative estimate of drug-likeness (QED) is 0.702. The van der Waals surface area contributed by atoms with Crippen LogP contribution in [0.5, 0.6) is 5.75 Å². The average molecular weight is 333 g/mol. The van der Waals surface area contributed by atoms with Crippen molar-refractivity contribution in [2.24, 2.45) is 0 Å². The van der Waals surface area contributed by atoms with Gasteiger partial charge in [0.15, 0.2) is 5.78 Å². The molecule has 0 heterocycles. The summed E-state index contributed by atoms with van der Waals surface area (Å²) in [5.74, 6) is 1.09. The fourth-order valence-electron chi connectivity index (χ4n) is 3.84. The first-order chi connectivity index (χ1) is 12.1. The molecular formula is C22H23NO2. The Balaban J connectivity index is 1.77. The number of nitrogens with zero attached hydrogens (tertiary/aromatic N) is 1. The van der Waals surface area contributed by atoms with Crippen molar-refractivity contribution in [3.05, 3.63) is 64.7 Å². The molecule has 0 saturated heterocycles. The van der Waals surface area contributed by atoms with Crippen LogP contribution in [0, 0.1) is 11.3 Å². The van der Waals surface area contributed by atoms with Gasteiger partial charge in [0.1, 0.15) is 12.4 Å². The molecule has 3 nitrogen and oxygen atoms in total. The fraction of sp³-hybridized carbons (Fsp3) is 0.364. The lowest BCUT2D eigenvalue weighted by Gasteiger charge is -2.42. The molecule has 0 unspecified atom stereocenters. The summed E-state index contributed by atoms with van der Waals surface area (Å²) in [6.45, 7) is 4.72. The van der Waals surface area contributed by atoms with Crippen molar-refractivity contribution >= 4 is 5.78 Å². The number of nitriles is 1. The number of rotatable bonds is 7. The molecule has 128 valence electrons. The van der Waals surface area contributed by atoms with E-state index in [1.807, 2.05) is 30.3 Å². The first-order valence-corrected chi connectivity index (χ1v) is 8.95. The van der Waals surface area contributed by atoms with Crippen LogP contribution >= 0.6 is 0 Å². The van der Waals surface area contributed by atoms with Crippen molar-refractivity contribution in [1.82, 2.24) is 0 Å². The predicted molar refractivity (Wildman–Crippen MR) is 97.8 cm³/mol. The van der Waals surface area contributed by atoms with Crippen LogP contribution < -0.4 is 4.74 Å². The maximum Gasteiger partial charge on any atom is 0.173 e. The van der Waals surface area contributed by atoms with Gasteiger partial charge in [-0.15, -0.1) is 0 Å². The number of Topliss-reactive ketones (excluding diaryl/α,β-unsaturated/α-hetero) is 1. The van der Waals surface area contributed by atoms with Crippen LogP contribution in [0.4, 0.5) is 0 Å². The molecule has 0 bridgehead atoms. The van der Waals surface area contributed by atoms with E-state index in [9.17, 15) is 4.79 Å². The smallest absolute Gasteiger partial charge is 0.173 e. The van der Waals surface area contributed by atoms with Gasteiger partial charge >= 0.3 is 0 Å². The van der Waals surface area contributed by atoms with Gasteiger partial charge in [0.05, 0.1) is 17.0 Å². The number of carbonyl (C=O) groups excluding carboxylic acids is 1. The lowest BCUT2D eigenvalue weighted by molar-refractivity contribution is 0.0806. The summed E-state index contributed by atoms with van der Waals surface area (Å²) in [5, 5.41) is 8.85. The summed E-state index contributed by atoms with van der Waals surface area (Å²) in [4.78, 5) is 12.6. The zero-order valence-corrected chi connectivity index (χ0v) is 14.8. The number of benzene rings is 2. The van der Waals surface area contributed by atoms with Crippen LogP contribution in [-0.2, 0) is 12.0 Å². The Labute approximate surface area is 149 Å². The number of hydrogen-bond donors (Lipinski definition) is 0. The Morgan fingerprint density at radius 1 is 1.04 bits per heavy atom. The number of hydrogen-bond acceptors (Lipinski definition) is 3. The molecule has 1 aliphatic carbocycles. The minimum Gasteiger partial charge on any atom is -0.489 e. The van der Waals surface area contributed by atoms with E-state index in [1.165, 1.54) is 0 Å². The number of ether oxygens (including phenoxy) is 1. The highest BCUT2D eigenvalue weighted by atomic mass is 16.5. The highest BCUT2D eigenvalue weighted by Gasteiger charge is 2.49. The number of fused-ring (bicyclic) bond motifs is 1. The Hall–Kier alpha value is -2.60. The molecule has 0 radical (unpaired) electrons. The molecule has 0 fully saturated rings. The molecule has 1 aliphatic rings. The van der Waals surface area contributed by atoms with Crippen molar-refractivity contribution in [1.29, 1.82) is 5.26 Å². The summed E-state index contributed by atoms with van der Waals surface area (Å²) in [5.41, 5.74) is 3.37. The van der Waals surface area contributed by atoms with Crippen molar-refractivity contribution in [2.75, 3.05) is 0 Å². The fourth-order valence-corrected chi connectivity index (χ4v) is 3.84. The largest absolute Gasteiger partial charge is 0.489 e. The molecule has 3 heteroatoms. The van der Waals surface area contributed by atoms with Gasteiger partial charge < -0.3 is 4.74 Å². The lowest BCUT2D eigenvalue weighted by atomic mass is 9.58. The first kappa shape index (κ1) is 17.2. The topological polar surface area (TPSA) is 50.1 Å². The van der Waals surface area contributed by atoms with E-state index < -0.39 is 0 Å². The van der Waals surface area contributed by atoms with Gasteiger partial charge in [0, 0.05) is 5.56 Å². The molecule has 0 spiro atoms. The van der Waals surface area contributed by atoms with Crippen LogP contribution in [0.15, 0.2) is 42.5 Å². The Morgan fingerprint density at radius 2 is 1.72 bits per heavy atom. The first-order valence-electron chi connectivity index (χ1n) is 8.95. The summed E-state index contributed by atoms with van der Waals surface area (Å²) in [7, 11) is 0. The Morgan fingerprint density at radius 3 is 2.32 bits per heavy atom. The van der Waals surface area contributed by atoms with E-state index in [1.54, 1.807) is 12.1 Å². The average Bonchev–Trinajstić information content (AvgIpc) is 2.66. The lowest BCUT2D eigenvalue weighted by Crippen LogP contribution is -2.46. The van der Waals surface area contributed by atoms with Gasteiger partial charge in [-0.3, -0.25) is 4.79 Å². The van der Waals surface area contributed by atoms with E-state index in [0.717, 1.165) is 48.1 Å². The van der Waals surface area contributed by atoms with Crippen LogP contribution in [0.1, 0.15) is 66.6 Å². The molecule has 0 N–H and O–H groups in total. The third-order valence-corrected chi connectivity index (χ3v) is 5.03. The van der Waals surface area contributed by atoms with Crippen molar-refractivity contribution in [3.8, 4) is 11.8 Å². The molecule has 0 aliphatic heterocycles. The monoisotopic (exact) mass is 333 g/mol. The molecule has 0 amide bonds. The second-order valence-corrected chi connectivity index (χ2v) is 6.72. The minimum atomic E-state index is -0.299. The standard InChI is InChI=1S/C22H23NO2/c1-3-11-22(12-4-2)20-13-18(9-10-19(20)21(22)24)25-15-17-7-5-16(14-23)6-8-17/h5-10,13H,3-4,11-12,15H2,1-2H3. The van der Waals surface area contributed by atoms with E-state index >= 15 is 0 Å². The summed E-state index contributed by atoms with van der Waals surface area (Å²) in [6, 6.07) is 15.3. The van der Waals surface area contributed by atoms with Gasteiger partial charge in [0.25, 0.3) is 0 Å². The molecule has 2 aromatic rings. The summed E-state index contributed by atoms with van der Waals surface area (Å²) in [6.07, 6.45) is 3.82. The van der Waals surface area contributed by atoms with Crippen LogP contribution in [-0.4, -0.2) is 5.78 Å². The van der Waals surface area contributed by atoms with Crippen molar-refractivity contribution in [3.63, 3.8) is 0 Å². The number of carbonyl (C=O) groups is 1. The van der Waals surface area contributed by atoms with Crippen molar-refractivity contribution < 1.29 is 9.53 Å². The molecule has 0 aromatic heterocycles. The van der Waals surface area contributed by atoms with E-state index in [0.29, 0.717) is 18.0 Å². The molecular weight excluding hydrogens is 310 g/mol. The maximum absolute atomic E-state index is 12.6. The molecule has 3 rings (SSSR count). The highest BCUT2D eigenvalue weighted by Crippen LogP contribution is 2.48. The van der Waals surface area contributed by atoms with Gasteiger partial charge in [-0.1, -0.05) is 38.8 Å². The predicted octanol–water partition coefficient (Wildman–Crippen LogP) is 5.17. The third kappa shape index (κ3) is 3.05. The Bertz CT molecular complexity index is 809. The summed E-state index contributed by atoms with van der Waals surface area (Å²) < 4.78 is 5.93. The zero-order valence-electron chi connectivity index (χ0n) is 14.8. The third-order valence-electron chi connectivity index (χ3n) is 5.03. The Kier molecular flexibility index (Phi) is 4.90. The van der Waals surface area contributed by atoms with E-state index in [4.69, 9.17) is 10.00 Å². The van der Waals surface area contributed by atoms with Gasteiger partial charge in [-0.2, -0.15) is 5.26 Å². The SMILES string of the molecule is CCCC1(CCC)C(=O)c2ccc(OCc3ccc(C#N)cc3)cc21. The molecule has 0 saturated carbocycles. The zero-order chi connectivity index (χ0) is 17.9. The van der Waals surface area contributed by atoms with Gasteiger partial charge in [0.2, 0.25) is 0 Å². The molecule has 0 atom stereocenters.